The van der Waals surface area contributed by atoms with Crippen LogP contribution >= 0.6 is 23.2 Å². The van der Waals surface area contributed by atoms with E-state index in [-0.39, 0.29) is 27.5 Å². The average Bonchev–Trinajstić information content (AvgIpc) is 2.37. The van der Waals surface area contributed by atoms with Gasteiger partial charge in [0.2, 0.25) is 10.0 Å². The second-order valence-electron chi connectivity index (χ2n) is 4.38. The van der Waals surface area contributed by atoms with Crippen molar-refractivity contribution in [2.75, 3.05) is 13.7 Å². The fourth-order valence-electron chi connectivity index (χ4n) is 1.64. The van der Waals surface area contributed by atoms with Crippen LogP contribution < -0.4 is 10.5 Å². The third kappa shape index (κ3) is 4.58. The van der Waals surface area contributed by atoms with E-state index in [2.05, 4.69) is 4.72 Å². The Bertz CT molecular complexity index is 564. The molecule has 1 aromatic carbocycles. The van der Waals surface area contributed by atoms with E-state index in [0.717, 1.165) is 0 Å². The van der Waals surface area contributed by atoms with Crippen molar-refractivity contribution in [2.45, 2.75) is 30.8 Å². The van der Waals surface area contributed by atoms with Crippen LogP contribution in [0.4, 0.5) is 0 Å². The van der Waals surface area contributed by atoms with Gasteiger partial charge in [-0.05, 0) is 31.0 Å². The lowest BCUT2D eigenvalue weighted by atomic mass is 10.2. The Kier molecular flexibility index (Phi) is 6.71. The van der Waals surface area contributed by atoms with E-state index in [1.165, 1.54) is 6.07 Å². The third-order valence-corrected chi connectivity index (χ3v) is 5.09. The molecular weight excluding hydrogens is 323 g/mol. The number of nitrogens with one attached hydrogen (secondary N) is 1. The smallest absolute Gasteiger partial charge is 0.242 e. The van der Waals surface area contributed by atoms with Gasteiger partial charge in [-0.2, -0.15) is 0 Å². The molecule has 0 spiro atoms. The fraction of sp³-hybridized carbons (Fsp3) is 0.500. The molecule has 0 aromatic heterocycles. The predicted octanol–water partition coefficient (Wildman–Crippen LogP) is 2.16. The highest BCUT2D eigenvalue weighted by Gasteiger charge is 2.22. The van der Waals surface area contributed by atoms with Gasteiger partial charge in [-0.15, -0.1) is 0 Å². The second-order valence-corrected chi connectivity index (χ2v) is 6.88. The molecule has 1 rings (SSSR count). The van der Waals surface area contributed by atoms with Crippen molar-refractivity contribution < 1.29 is 13.2 Å². The Labute approximate surface area is 129 Å². The first kappa shape index (κ1) is 17.7. The van der Waals surface area contributed by atoms with E-state index < -0.39 is 10.0 Å². The van der Waals surface area contributed by atoms with Crippen LogP contribution in [0.2, 0.25) is 10.0 Å². The van der Waals surface area contributed by atoms with Gasteiger partial charge >= 0.3 is 0 Å². The summed E-state index contributed by atoms with van der Waals surface area (Å²) in [7, 11) is -2.20. The summed E-state index contributed by atoms with van der Waals surface area (Å²) in [6, 6.07) is 2.59. The molecule has 0 amide bonds. The first-order valence-corrected chi connectivity index (χ1v) is 8.25. The first-order chi connectivity index (χ1) is 9.31. The molecule has 1 unspecified atom stereocenters. The number of halogens is 2. The molecule has 8 heteroatoms. The molecule has 0 fully saturated rings. The van der Waals surface area contributed by atoms with Gasteiger partial charge in [0.25, 0.3) is 0 Å². The van der Waals surface area contributed by atoms with Gasteiger partial charge in [-0.3, -0.25) is 0 Å². The van der Waals surface area contributed by atoms with Gasteiger partial charge in [-0.25, -0.2) is 13.1 Å². The Hall–Kier alpha value is -0.370. The molecule has 5 nitrogen and oxygen atoms in total. The van der Waals surface area contributed by atoms with Crippen LogP contribution in [0.3, 0.4) is 0 Å². The van der Waals surface area contributed by atoms with Crippen LogP contribution in [0.15, 0.2) is 17.0 Å². The van der Waals surface area contributed by atoms with Crippen LogP contribution in [0, 0.1) is 0 Å². The summed E-state index contributed by atoms with van der Waals surface area (Å²) in [6.45, 7) is 2.32. The topological polar surface area (TPSA) is 81.4 Å². The average molecular weight is 341 g/mol. The normalized spacial score (nSPS) is 13.4. The van der Waals surface area contributed by atoms with Gasteiger partial charge in [0, 0.05) is 31.3 Å². The highest BCUT2D eigenvalue weighted by Crippen LogP contribution is 2.29. The van der Waals surface area contributed by atoms with E-state index in [1.807, 2.05) is 0 Å². The largest absolute Gasteiger partial charge is 0.385 e. The van der Waals surface area contributed by atoms with Crippen molar-refractivity contribution in [2.24, 2.45) is 5.73 Å². The van der Waals surface area contributed by atoms with Gasteiger partial charge in [0.05, 0.1) is 5.02 Å². The number of benzene rings is 1. The number of rotatable bonds is 7. The number of nitrogens with two attached hydrogens (primary N) is 1. The standard InChI is InChI=1S/C12H18Cl2N2O3S/c1-8(3-4-19-2)16-20(17,18)11-6-10(13)5-9(7-15)12(11)14/h5-6,8,16H,3-4,7,15H2,1-2H3. The summed E-state index contributed by atoms with van der Waals surface area (Å²) in [5, 5.41) is 0.378. The molecule has 1 atom stereocenters. The Morgan fingerprint density at radius 2 is 2.05 bits per heavy atom. The summed E-state index contributed by atoms with van der Waals surface area (Å²) in [6.07, 6.45) is 0.553. The van der Waals surface area contributed by atoms with Crippen LogP contribution in [-0.2, 0) is 21.3 Å². The molecule has 0 saturated carbocycles. The second kappa shape index (κ2) is 7.59. The molecule has 0 aliphatic carbocycles. The lowest BCUT2D eigenvalue weighted by molar-refractivity contribution is 0.188. The molecule has 0 bridgehead atoms. The summed E-state index contributed by atoms with van der Waals surface area (Å²) in [5.74, 6) is 0. The SMILES string of the molecule is COCCC(C)NS(=O)(=O)c1cc(Cl)cc(CN)c1Cl. The third-order valence-electron chi connectivity index (χ3n) is 2.70. The van der Waals surface area contributed by atoms with Crippen molar-refractivity contribution in [3.63, 3.8) is 0 Å². The summed E-state index contributed by atoms with van der Waals surface area (Å²) in [5.41, 5.74) is 6.01. The molecular formula is C12H18Cl2N2O3S. The van der Waals surface area contributed by atoms with Crippen LogP contribution in [0.5, 0.6) is 0 Å². The van der Waals surface area contributed by atoms with Gasteiger partial charge in [0.15, 0.2) is 0 Å². The minimum Gasteiger partial charge on any atom is -0.385 e. The van der Waals surface area contributed by atoms with Crippen molar-refractivity contribution in [3.05, 3.63) is 27.7 Å². The number of ether oxygens (including phenoxy) is 1. The molecule has 3 N–H and O–H groups in total. The van der Waals surface area contributed by atoms with Crippen LogP contribution in [0.25, 0.3) is 0 Å². The molecule has 0 heterocycles. The number of hydrogen-bond donors (Lipinski definition) is 2. The highest BCUT2D eigenvalue weighted by molar-refractivity contribution is 7.89. The van der Waals surface area contributed by atoms with Crippen molar-refractivity contribution in [3.8, 4) is 0 Å². The molecule has 0 aliphatic heterocycles. The van der Waals surface area contributed by atoms with E-state index in [0.29, 0.717) is 18.6 Å². The number of hydrogen-bond acceptors (Lipinski definition) is 4. The van der Waals surface area contributed by atoms with Gasteiger partial charge < -0.3 is 10.5 Å². The lowest BCUT2D eigenvalue weighted by Crippen LogP contribution is -2.33. The van der Waals surface area contributed by atoms with Crippen molar-refractivity contribution in [1.82, 2.24) is 4.72 Å². The summed E-state index contributed by atoms with van der Waals surface area (Å²) >= 11 is 12.0. The molecule has 0 aliphatic rings. The van der Waals surface area contributed by atoms with Crippen LogP contribution in [0.1, 0.15) is 18.9 Å². The van der Waals surface area contributed by atoms with E-state index in [9.17, 15) is 8.42 Å². The highest BCUT2D eigenvalue weighted by atomic mass is 35.5. The van der Waals surface area contributed by atoms with Gasteiger partial charge in [-0.1, -0.05) is 23.2 Å². The zero-order chi connectivity index (χ0) is 15.3. The molecule has 20 heavy (non-hydrogen) atoms. The summed E-state index contributed by atoms with van der Waals surface area (Å²) < 4.78 is 32.1. The lowest BCUT2D eigenvalue weighted by Gasteiger charge is -2.16. The molecule has 0 radical (unpaired) electrons. The Balaban J connectivity index is 3.06. The van der Waals surface area contributed by atoms with Crippen molar-refractivity contribution >= 4 is 33.2 Å². The molecule has 0 saturated heterocycles. The number of methoxy groups -OCH3 is 1. The molecule has 114 valence electrons. The quantitative estimate of drug-likeness (QED) is 0.796. The minimum atomic E-state index is -3.75. The van der Waals surface area contributed by atoms with Gasteiger partial charge in [0.1, 0.15) is 4.90 Å². The zero-order valence-corrected chi connectivity index (χ0v) is 13.6. The van der Waals surface area contributed by atoms with E-state index >= 15 is 0 Å². The maximum Gasteiger partial charge on any atom is 0.242 e. The van der Waals surface area contributed by atoms with Crippen molar-refractivity contribution in [1.29, 1.82) is 0 Å². The fourth-order valence-corrected chi connectivity index (χ4v) is 3.86. The molecule has 1 aromatic rings. The Morgan fingerprint density at radius 1 is 1.40 bits per heavy atom. The Morgan fingerprint density at radius 3 is 2.60 bits per heavy atom. The predicted molar refractivity (Wildman–Crippen MR) is 80.6 cm³/mol. The maximum absolute atomic E-state index is 12.3. The maximum atomic E-state index is 12.3. The zero-order valence-electron chi connectivity index (χ0n) is 11.3. The van der Waals surface area contributed by atoms with E-state index in [4.69, 9.17) is 33.7 Å². The monoisotopic (exact) mass is 340 g/mol. The van der Waals surface area contributed by atoms with E-state index in [1.54, 1.807) is 20.1 Å². The minimum absolute atomic E-state index is 0.0589. The first-order valence-electron chi connectivity index (χ1n) is 6.01. The number of sulfonamides is 1. The van der Waals surface area contributed by atoms with Crippen LogP contribution in [-0.4, -0.2) is 28.2 Å². The summed E-state index contributed by atoms with van der Waals surface area (Å²) in [4.78, 5) is -0.0589.